The molecule has 68 valence electrons. The van der Waals surface area contributed by atoms with Crippen LogP contribution in [0.5, 0.6) is 0 Å². The van der Waals surface area contributed by atoms with Crippen LogP contribution in [0.4, 0.5) is 0 Å². The lowest BCUT2D eigenvalue weighted by Crippen LogP contribution is -2.13. The van der Waals surface area contributed by atoms with Gasteiger partial charge in [0.25, 0.3) is 0 Å². The zero-order valence-corrected chi connectivity index (χ0v) is 7.10. The average molecular weight is 178 g/mol. The van der Waals surface area contributed by atoms with Crippen molar-refractivity contribution >= 4 is 5.97 Å². The second kappa shape index (κ2) is 3.12. The first-order chi connectivity index (χ1) is 6.27. The third kappa shape index (κ3) is 1.52. The summed E-state index contributed by atoms with van der Waals surface area (Å²) < 4.78 is 0. The molecular formula is C9H10N2O2. The lowest BCUT2D eigenvalue weighted by molar-refractivity contribution is 0.0696. The van der Waals surface area contributed by atoms with Crippen molar-refractivity contribution in [3.05, 3.63) is 23.8 Å². The van der Waals surface area contributed by atoms with E-state index in [2.05, 4.69) is 9.97 Å². The van der Waals surface area contributed by atoms with Gasteiger partial charge in [0, 0.05) is 18.3 Å². The van der Waals surface area contributed by atoms with Crippen LogP contribution >= 0.6 is 0 Å². The molecule has 1 N–H and O–H groups in total. The third-order valence-electron chi connectivity index (χ3n) is 2.39. The van der Waals surface area contributed by atoms with Crippen LogP contribution in [0.15, 0.2) is 12.4 Å². The van der Waals surface area contributed by atoms with Gasteiger partial charge in [-0.05, 0) is 12.8 Å². The number of hydrogen-bond acceptors (Lipinski definition) is 3. The van der Waals surface area contributed by atoms with Crippen molar-refractivity contribution in [1.82, 2.24) is 9.97 Å². The van der Waals surface area contributed by atoms with Crippen LogP contribution in [0.1, 0.15) is 41.4 Å². The van der Waals surface area contributed by atoms with E-state index in [1.165, 1.54) is 18.8 Å². The number of rotatable bonds is 2. The number of carbonyl (C=O) groups is 1. The molecule has 2 rings (SSSR count). The molecular weight excluding hydrogens is 168 g/mol. The highest BCUT2D eigenvalue weighted by Crippen LogP contribution is 2.33. The van der Waals surface area contributed by atoms with Crippen LogP contribution in [-0.4, -0.2) is 21.0 Å². The highest BCUT2D eigenvalue weighted by molar-refractivity contribution is 5.86. The highest BCUT2D eigenvalue weighted by atomic mass is 16.4. The Morgan fingerprint density at radius 2 is 2.00 bits per heavy atom. The van der Waals surface area contributed by atoms with E-state index in [4.69, 9.17) is 5.11 Å². The highest BCUT2D eigenvalue weighted by Gasteiger charge is 2.22. The van der Waals surface area contributed by atoms with Gasteiger partial charge in [0.2, 0.25) is 0 Å². The van der Waals surface area contributed by atoms with E-state index in [-0.39, 0.29) is 5.56 Å². The van der Waals surface area contributed by atoms with Crippen molar-refractivity contribution < 1.29 is 9.90 Å². The number of aromatic carboxylic acids is 1. The number of carboxylic acids is 1. The number of carboxylic acid groups (broad SMARTS) is 1. The van der Waals surface area contributed by atoms with Gasteiger partial charge in [-0.1, -0.05) is 6.42 Å². The summed E-state index contributed by atoms with van der Waals surface area (Å²) in [6.45, 7) is 0. The predicted molar refractivity (Wildman–Crippen MR) is 45.6 cm³/mol. The van der Waals surface area contributed by atoms with E-state index < -0.39 is 5.97 Å². The first kappa shape index (κ1) is 8.16. The summed E-state index contributed by atoms with van der Waals surface area (Å²) in [6, 6.07) is 0. The third-order valence-corrected chi connectivity index (χ3v) is 2.39. The molecule has 1 aromatic heterocycles. The summed E-state index contributed by atoms with van der Waals surface area (Å²) in [6.07, 6.45) is 6.25. The topological polar surface area (TPSA) is 63.1 Å². The quantitative estimate of drug-likeness (QED) is 0.744. The van der Waals surface area contributed by atoms with Crippen LogP contribution in [0.3, 0.4) is 0 Å². The monoisotopic (exact) mass is 178 g/mol. The molecule has 1 fully saturated rings. The standard InChI is InChI=1S/C9H10N2O2/c12-9(13)7-4-10-8(11-5-7)6-2-1-3-6/h4-6H,1-3H2,(H,12,13). The van der Waals surface area contributed by atoms with Crippen molar-refractivity contribution in [2.24, 2.45) is 0 Å². The van der Waals surface area contributed by atoms with Crippen LogP contribution in [0.25, 0.3) is 0 Å². The van der Waals surface area contributed by atoms with Gasteiger partial charge in [0.05, 0.1) is 5.56 Å². The number of nitrogens with zero attached hydrogens (tertiary/aromatic N) is 2. The Hall–Kier alpha value is -1.45. The van der Waals surface area contributed by atoms with Gasteiger partial charge in [0.1, 0.15) is 5.82 Å². The molecule has 0 radical (unpaired) electrons. The smallest absolute Gasteiger partial charge is 0.338 e. The average Bonchev–Trinajstić information content (AvgIpc) is 2.02. The van der Waals surface area contributed by atoms with E-state index in [1.807, 2.05) is 0 Å². The van der Waals surface area contributed by atoms with Gasteiger partial charge in [-0.2, -0.15) is 0 Å². The van der Waals surface area contributed by atoms with Gasteiger partial charge < -0.3 is 5.11 Å². The first-order valence-corrected chi connectivity index (χ1v) is 4.32. The molecule has 0 amide bonds. The molecule has 1 aromatic rings. The van der Waals surface area contributed by atoms with Crippen molar-refractivity contribution in [3.8, 4) is 0 Å². The van der Waals surface area contributed by atoms with E-state index in [9.17, 15) is 4.79 Å². The van der Waals surface area contributed by atoms with Gasteiger partial charge in [-0.3, -0.25) is 0 Å². The Morgan fingerprint density at radius 3 is 2.38 bits per heavy atom. The minimum absolute atomic E-state index is 0.156. The Balaban J connectivity index is 2.17. The lowest BCUT2D eigenvalue weighted by Gasteiger charge is -2.23. The summed E-state index contributed by atoms with van der Waals surface area (Å²) in [5, 5.41) is 8.61. The van der Waals surface area contributed by atoms with Crippen LogP contribution in [0, 0.1) is 0 Å². The molecule has 4 nitrogen and oxygen atoms in total. The molecule has 0 aromatic carbocycles. The Labute approximate surface area is 75.6 Å². The molecule has 13 heavy (non-hydrogen) atoms. The Bertz CT molecular complexity index is 317. The summed E-state index contributed by atoms with van der Waals surface area (Å²) in [5.74, 6) is 0.277. The maximum atomic E-state index is 10.5. The van der Waals surface area contributed by atoms with Crippen LogP contribution in [-0.2, 0) is 0 Å². The maximum absolute atomic E-state index is 10.5. The largest absolute Gasteiger partial charge is 0.478 e. The fraction of sp³-hybridized carbons (Fsp3) is 0.444. The molecule has 0 atom stereocenters. The van der Waals surface area contributed by atoms with Gasteiger partial charge in [-0.15, -0.1) is 0 Å². The fourth-order valence-corrected chi connectivity index (χ4v) is 1.33. The predicted octanol–water partition coefficient (Wildman–Crippen LogP) is 1.44. The van der Waals surface area contributed by atoms with Crippen LogP contribution in [0.2, 0.25) is 0 Å². The summed E-state index contributed by atoms with van der Waals surface area (Å²) in [4.78, 5) is 18.5. The normalized spacial score (nSPS) is 16.6. The minimum Gasteiger partial charge on any atom is -0.478 e. The minimum atomic E-state index is -0.972. The van der Waals surface area contributed by atoms with E-state index >= 15 is 0 Å². The van der Waals surface area contributed by atoms with Crippen molar-refractivity contribution in [3.63, 3.8) is 0 Å². The van der Waals surface area contributed by atoms with E-state index in [0.29, 0.717) is 5.92 Å². The van der Waals surface area contributed by atoms with Gasteiger partial charge in [-0.25, -0.2) is 14.8 Å². The fourth-order valence-electron chi connectivity index (χ4n) is 1.33. The summed E-state index contributed by atoms with van der Waals surface area (Å²) >= 11 is 0. The maximum Gasteiger partial charge on any atom is 0.338 e. The molecule has 0 aliphatic heterocycles. The van der Waals surface area contributed by atoms with Crippen molar-refractivity contribution in [2.75, 3.05) is 0 Å². The summed E-state index contributed by atoms with van der Waals surface area (Å²) in [7, 11) is 0. The van der Waals surface area contributed by atoms with E-state index in [0.717, 1.165) is 18.7 Å². The van der Waals surface area contributed by atoms with Crippen molar-refractivity contribution in [2.45, 2.75) is 25.2 Å². The molecule has 0 spiro atoms. The molecule has 0 unspecified atom stereocenters. The SMILES string of the molecule is O=C(O)c1cnc(C2CCC2)nc1. The molecule has 1 aliphatic carbocycles. The van der Waals surface area contributed by atoms with E-state index in [1.54, 1.807) is 0 Å². The Kier molecular flexibility index (Phi) is 1.96. The summed E-state index contributed by atoms with van der Waals surface area (Å²) in [5.41, 5.74) is 0.156. The van der Waals surface area contributed by atoms with Gasteiger partial charge in [0.15, 0.2) is 0 Å². The van der Waals surface area contributed by atoms with Crippen LogP contribution < -0.4 is 0 Å². The van der Waals surface area contributed by atoms with Gasteiger partial charge >= 0.3 is 5.97 Å². The molecule has 1 saturated carbocycles. The molecule has 4 heteroatoms. The molecule has 1 aliphatic rings. The number of hydrogen-bond donors (Lipinski definition) is 1. The number of aromatic nitrogens is 2. The second-order valence-electron chi connectivity index (χ2n) is 3.26. The molecule has 0 saturated heterocycles. The Morgan fingerprint density at radius 1 is 1.38 bits per heavy atom. The lowest BCUT2D eigenvalue weighted by atomic mass is 9.85. The second-order valence-corrected chi connectivity index (χ2v) is 3.26. The zero-order chi connectivity index (χ0) is 9.26. The van der Waals surface area contributed by atoms with Crippen molar-refractivity contribution in [1.29, 1.82) is 0 Å². The first-order valence-electron chi connectivity index (χ1n) is 4.32. The zero-order valence-electron chi connectivity index (χ0n) is 7.10. The molecule has 1 heterocycles. The molecule has 0 bridgehead atoms.